The SMILES string of the molecule is CCNc1nc(Cc2ccccc2)nc(Nc2ccc(/C=C/c3[c-]cc(Nc4nc(Cl)nc(Nc5ccccc5)n4)cc3)c(S(=O)(=O)[O-])c2)n1.O=S(=O)=O.[Na+].[Na+]. The fraction of sp³-hybridized carbons (Fsp3) is 0.0857. The van der Waals surface area contributed by atoms with Crippen LogP contribution >= 0.6 is 11.6 Å². The van der Waals surface area contributed by atoms with E-state index in [1.165, 1.54) is 18.2 Å². The fourth-order valence-corrected chi connectivity index (χ4v) is 5.56. The minimum absolute atomic E-state index is 0. The van der Waals surface area contributed by atoms with Gasteiger partial charge in [-0.15, -0.1) is 43.0 Å². The molecule has 0 fully saturated rings. The Balaban J connectivity index is 0.00000134. The predicted octanol–water partition coefficient (Wildman–Crippen LogP) is -0.158. The van der Waals surface area contributed by atoms with E-state index in [0.717, 1.165) is 11.3 Å². The molecule has 0 atom stereocenters. The van der Waals surface area contributed by atoms with Crippen molar-refractivity contribution in [3.8, 4) is 0 Å². The van der Waals surface area contributed by atoms with E-state index in [0.29, 0.717) is 41.7 Å². The zero-order valence-corrected chi connectivity index (χ0v) is 36.5. The molecule has 21 heteroatoms. The molecule has 0 saturated carbocycles. The molecule has 16 nitrogen and oxygen atoms in total. The van der Waals surface area contributed by atoms with Gasteiger partial charge in [0.1, 0.15) is 15.9 Å². The van der Waals surface area contributed by atoms with Crippen molar-refractivity contribution in [1.82, 2.24) is 29.9 Å². The van der Waals surface area contributed by atoms with E-state index in [4.69, 9.17) is 24.2 Å². The van der Waals surface area contributed by atoms with Crippen molar-refractivity contribution in [2.45, 2.75) is 18.2 Å². The van der Waals surface area contributed by atoms with Gasteiger partial charge in [0.2, 0.25) is 29.1 Å². The Labute approximate surface area is 373 Å². The van der Waals surface area contributed by atoms with Gasteiger partial charge in [0.05, 0.1) is 4.90 Å². The standard InChI is InChI=1S/C35H30ClN10O3S.2Na.O3S/c1-2-37-32-41-30(21-24-9-5-3-6-10-24)42-33(45-32)40-28-20-17-25(29(22-28)50(47,48)49)16-13-23-14-18-27(19-15-23)39-35-44-31(36)43-34(46-35)38-26-11-7-4-8-12-26;;;1-4(2)3/h3-14,16-20,22H,2,21H2,1H3,(H,47,48,49)(H2,37,40,41,42,45)(H2,38,39,43,44,46);;;/q-1;2*+1;/p-1/b16-13+;;;. The summed E-state index contributed by atoms with van der Waals surface area (Å²) in [5, 5.41) is 12.3. The Hall–Kier alpha value is -4.34. The van der Waals surface area contributed by atoms with E-state index in [1.54, 1.807) is 30.3 Å². The van der Waals surface area contributed by atoms with Gasteiger partial charge in [-0.2, -0.15) is 35.5 Å². The first kappa shape index (κ1) is 46.0. The van der Waals surface area contributed by atoms with E-state index in [-0.39, 0.29) is 87.8 Å². The van der Waals surface area contributed by atoms with Gasteiger partial charge in [-0.25, -0.2) is 8.42 Å². The van der Waals surface area contributed by atoms with Gasteiger partial charge in [-0.3, -0.25) is 0 Å². The third-order valence-corrected chi connectivity index (χ3v) is 8.00. The number of aromatic nitrogens is 6. The molecule has 6 rings (SSSR count). The molecule has 6 aromatic rings. The molecule has 4 aromatic carbocycles. The maximum atomic E-state index is 12.3. The van der Waals surface area contributed by atoms with Crippen LogP contribution in [0.15, 0.2) is 102 Å². The summed E-state index contributed by atoms with van der Waals surface area (Å²) in [7, 11) is -7.96. The average molecular weight is 831 g/mol. The van der Waals surface area contributed by atoms with E-state index < -0.39 is 25.6 Å². The molecule has 0 unspecified atom stereocenters. The number of nitrogens with one attached hydrogen (secondary N) is 4. The smallest absolute Gasteiger partial charge is 0.744 e. The summed E-state index contributed by atoms with van der Waals surface area (Å²) in [5.74, 6) is 1.58. The van der Waals surface area contributed by atoms with Crippen LogP contribution in [0, 0.1) is 6.07 Å². The van der Waals surface area contributed by atoms with Crippen LogP contribution in [0.3, 0.4) is 0 Å². The fourth-order valence-electron chi connectivity index (χ4n) is 4.71. The summed E-state index contributed by atoms with van der Waals surface area (Å²) in [6, 6.07) is 31.8. The molecule has 0 aliphatic rings. The molecule has 56 heavy (non-hydrogen) atoms. The van der Waals surface area contributed by atoms with Gasteiger partial charge in [0.15, 0.2) is 0 Å². The quantitative estimate of drug-likeness (QED) is 0.0513. The average Bonchev–Trinajstić information content (AvgIpc) is 3.12. The molecule has 0 amide bonds. The largest absolute Gasteiger partial charge is 1.00 e. The topological polar surface area (TPSA) is 234 Å². The molecule has 2 heterocycles. The number of rotatable bonds is 13. The summed E-state index contributed by atoms with van der Waals surface area (Å²) >= 11 is 6.11. The zero-order valence-electron chi connectivity index (χ0n) is 30.1. The van der Waals surface area contributed by atoms with Gasteiger partial charge in [0, 0.05) is 24.3 Å². The Kier molecular flexibility index (Phi) is 18.4. The Bertz CT molecular complexity index is 2470. The maximum absolute atomic E-state index is 12.3. The van der Waals surface area contributed by atoms with Crippen molar-refractivity contribution in [1.29, 1.82) is 0 Å². The van der Waals surface area contributed by atoms with Gasteiger partial charge in [-0.05, 0) is 59.6 Å². The Morgan fingerprint density at radius 2 is 1.27 bits per heavy atom. The van der Waals surface area contributed by atoms with E-state index in [2.05, 4.69) is 57.2 Å². The summed E-state index contributed by atoms with van der Waals surface area (Å²) in [6.45, 7) is 2.51. The molecular weight excluding hydrogens is 802 g/mol. The normalized spacial score (nSPS) is 10.6. The van der Waals surface area contributed by atoms with E-state index in [9.17, 15) is 13.0 Å². The van der Waals surface area contributed by atoms with Crippen molar-refractivity contribution in [3.63, 3.8) is 0 Å². The molecule has 2 aromatic heterocycles. The second-order valence-corrected chi connectivity index (χ2v) is 13.0. The van der Waals surface area contributed by atoms with Crippen LogP contribution in [-0.4, -0.2) is 62.0 Å². The number of halogens is 1. The van der Waals surface area contributed by atoms with Crippen molar-refractivity contribution in [2.24, 2.45) is 0 Å². The second-order valence-electron chi connectivity index (χ2n) is 10.9. The zero-order chi connectivity index (χ0) is 38.5. The third-order valence-electron chi connectivity index (χ3n) is 6.93. The molecule has 4 N–H and O–H groups in total. The Morgan fingerprint density at radius 3 is 1.88 bits per heavy atom. The number of benzene rings is 4. The predicted molar refractivity (Wildman–Crippen MR) is 203 cm³/mol. The minimum Gasteiger partial charge on any atom is -0.744 e. The maximum Gasteiger partial charge on any atom is 1.00 e. The summed E-state index contributed by atoms with van der Waals surface area (Å²) in [4.78, 5) is 25.6. The summed E-state index contributed by atoms with van der Waals surface area (Å²) < 4.78 is 62.3. The van der Waals surface area contributed by atoms with Crippen LogP contribution in [0.25, 0.3) is 12.2 Å². The third kappa shape index (κ3) is 15.0. The van der Waals surface area contributed by atoms with Crippen molar-refractivity contribution in [3.05, 3.63) is 131 Å². The number of nitrogens with zero attached hydrogens (tertiary/aromatic N) is 6. The van der Waals surface area contributed by atoms with E-state index >= 15 is 0 Å². The van der Waals surface area contributed by atoms with Gasteiger partial charge in [0.25, 0.3) is 0 Å². The summed E-state index contributed by atoms with van der Waals surface area (Å²) in [6.07, 6.45) is 3.64. The molecular formula is C35H29ClN10Na2O6S2. The molecule has 0 aliphatic carbocycles. The first-order valence-electron chi connectivity index (χ1n) is 15.8. The molecule has 0 radical (unpaired) electrons. The summed E-state index contributed by atoms with van der Waals surface area (Å²) in [5.41, 5.74) is 3.57. The number of hydrogen-bond acceptors (Lipinski definition) is 16. The number of para-hydroxylation sites is 1. The first-order valence-corrected chi connectivity index (χ1v) is 18.6. The second kappa shape index (κ2) is 22.4. The van der Waals surface area contributed by atoms with Crippen LogP contribution in [0.4, 0.5) is 40.9 Å². The van der Waals surface area contributed by atoms with Crippen LogP contribution in [0.1, 0.15) is 29.4 Å². The number of anilines is 7. The number of hydrogen-bond donors (Lipinski definition) is 4. The van der Waals surface area contributed by atoms with Gasteiger partial charge >= 0.3 is 69.7 Å². The van der Waals surface area contributed by atoms with Crippen molar-refractivity contribution >= 4 is 85.3 Å². The minimum atomic E-state index is -4.85. The molecule has 0 bridgehead atoms. The van der Waals surface area contributed by atoms with Crippen LogP contribution in [0.5, 0.6) is 0 Å². The first-order chi connectivity index (χ1) is 25.9. The van der Waals surface area contributed by atoms with Crippen LogP contribution in [-0.2, 0) is 27.1 Å². The molecule has 276 valence electrons. The van der Waals surface area contributed by atoms with Crippen LogP contribution in [0.2, 0.25) is 5.28 Å². The molecule has 0 spiro atoms. The van der Waals surface area contributed by atoms with E-state index in [1.807, 2.05) is 67.6 Å². The van der Waals surface area contributed by atoms with Crippen molar-refractivity contribution < 1.29 is 84.7 Å². The monoisotopic (exact) mass is 830 g/mol. The Morgan fingerprint density at radius 1 is 0.714 bits per heavy atom. The van der Waals surface area contributed by atoms with Gasteiger partial charge in [-0.1, -0.05) is 60.7 Å². The van der Waals surface area contributed by atoms with Crippen molar-refractivity contribution in [2.75, 3.05) is 27.8 Å². The molecule has 0 aliphatic heterocycles. The molecule has 0 saturated heterocycles. The van der Waals surface area contributed by atoms with Gasteiger partial charge < -0.3 is 25.8 Å². The van der Waals surface area contributed by atoms with Crippen LogP contribution < -0.4 is 80.4 Å².